The first-order chi connectivity index (χ1) is 14.8. The Bertz CT molecular complexity index is 809. The Morgan fingerprint density at radius 1 is 0.800 bits per heavy atom. The first-order valence-electron chi connectivity index (χ1n) is 11.2. The van der Waals surface area contributed by atoms with Crippen molar-refractivity contribution in [3.63, 3.8) is 0 Å². The lowest BCUT2D eigenvalue weighted by atomic mass is 10.1. The molecule has 5 nitrogen and oxygen atoms in total. The molecule has 160 valence electrons. The number of carbonyl (C=O) groups is 1. The summed E-state index contributed by atoms with van der Waals surface area (Å²) in [7, 11) is 0. The molecule has 1 amide bonds. The van der Waals surface area contributed by atoms with Gasteiger partial charge in [-0.3, -0.25) is 14.6 Å². The molecule has 5 heteroatoms. The predicted octanol–water partition coefficient (Wildman–Crippen LogP) is 3.43. The molecule has 2 aliphatic heterocycles. The molecule has 0 unspecified atom stereocenters. The highest BCUT2D eigenvalue weighted by molar-refractivity contribution is 5.94. The van der Waals surface area contributed by atoms with E-state index in [1.807, 2.05) is 18.2 Å². The number of carbonyl (C=O) groups excluding carboxylic acids is 1. The van der Waals surface area contributed by atoms with Crippen LogP contribution in [0.3, 0.4) is 0 Å². The highest BCUT2D eigenvalue weighted by atomic mass is 16.5. The molecule has 0 aromatic heterocycles. The third-order valence-corrected chi connectivity index (χ3v) is 6.03. The van der Waals surface area contributed by atoms with E-state index in [-0.39, 0.29) is 5.91 Å². The summed E-state index contributed by atoms with van der Waals surface area (Å²) in [6.07, 6.45) is 4.00. The van der Waals surface area contributed by atoms with Gasteiger partial charge in [-0.15, -0.1) is 0 Å². The second-order valence-electron chi connectivity index (χ2n) is 8.42. The molecule has 0 bridgehead atoms. The summed E-state index contributed by atoms with van der Waals surface area (Å²) >= 11 is 0. The average molecular weight is 408 g/mol. The molecule has 2 aromatic carbocycles. The molecule has 0 saturated carbocycles. The smallest absolute Gasteiger partial charge is 0.251 e. The molecular weight excluding hydrogens is 374 g/mol. The third-order valence-electron chi connectivity index (χ3n) is 6.03. The van der Waals surface area contributed by atoms with Gasteiger partial charge < -0.3 is 10.1 Å². The fourth-order valence-electron chi connectivity index (χ4n) is 4.25. The Labute approximate surface area is 180 Å². The van der Waals surface area contributed by atoms with Crippen LogP contribution in [0.1, 0.15) is 46.3 Å². The molecule has 2 heterocycles. The Balaban J connectivity index is 1.27. The fourth-order valence-corrected chi connectivity index (χ4v) is 4.25. The standard InChI is InChI=1S/C25H33N3O2/c29-25(24-6-4-5-23(17-24)20-28-13-15-30-16-14-28)26-18-21-7-9-22(10-8-21)19-27-11-2-1-3-12-27/h4-10,17H,1-3,11-16,18-20H2,(H,26,29). The zero-order chi connectivity index (χ0) is 20.6. The van der Waals surface area contributed by atoms with Gasteiger partial charge in [0.25, 0.3) is 5.91 Å². The van der Waals surface area contributed by atoms with Crippen LogP contribution in [-0.2, 0) is 24.4 Å². The van der Waals surface area contributed by atoms with Crippen molar-refractivity contribution in [1.82, 2.24) is 15.1 Å². The molecule has 0 radical (unpaired) electrons. The van der Waals surface area contributed by atoms with Crippen molar-refractivity contribution in [3.05, 3.63) is 70.8 Å². The van der Waals surface area contributed by atoms with E-state index in [1.54, 1.807) is 0 Å². The normalized spacial score (nSPS) is 18.3. The maximum Gasteiger partial charge on any atom is 0.251 e. The van der Waals surface area contributed by atoms with Crippen LogP contribution in [0.5, 0.6) is 0 Å². The van der Waals surface area contributed by atoms with Crippen molar-refractivity contribution in [2.45, 2.75) is 38.9 Å². The van der Waals surface area contributed by atoms with E-state index in [1.165, 1.54) is 43.5 Å². The van der Waals surface area contributed by atoms with Crippen LogP contribution < -0.4 is 5.32 Å². The van der Waals surface area contributed by atoms with Crippen LogP contribution in [0.4, 0.5) is 0 Å². The zero-order valence-electron chi connectivity index (χ0n) is 17.8. The number of piperidine rings is 1. The van der Waals surface area contributed by atoms with Crippen molar-refractivity contribution in [3.8, 4) is 0 Å². The number of benzene rings is 2. The summed E-state index contributed by atoms with van der Waals surface area (Å²) < 4.78 is 5.41. The van der Waals surface area contributed by atoms with Crippen LogP contribution in [-0.4, -0.2) is 55.1 Å². The van der Waals surface area contributed by atoms with Gasteiger partial charge in [-0.1, -0.05) is 42.8 Å². The maximum absolute atomic E-state index is 12.6. The lowest BCUT2D eigenvalue weighted by Crippen LogP contribution is -2.35. The minimum Gasteiger partial charge on any atom is -0.379 e. The van der Waals surface area contributed by atoms with Gasteiger partial charge in [0.05, 0.1) is 13.2 Å². The van der Waals surface area contributed by atoms with E-state index in [4.69, 9.17) is 4.74 Å². The molecule has 30 heavy (non-hydrogen) atoms. The van der Waals surface area contributed by atoms with Crippen LogP contribution >= 0.6 is 0 Å². The summed E-state index contributed by atoms with van der Waals surface area (Å²) in [6.45, 7) is 8.34. The number of hydrogen-bond donors (Lipinski definition) is 1. The minimum absolute atomic E-state index is 0.0174. The first-order valence-corrected chi connectivity index (χ1v) is 11.2. The molecule has 2 saturated heterocycles. The lowest BCUT2D eigenvalue weighted by Gasteiger charge is -2.26. The number of ether oxygens (including phenoxy) is 1. The summed E-state index contributed by atoms with van der Waals surface area (Å²) in [5.41, 5.74) is 4.38. The Hall–Kier alpha value is -2.21. The van der Waals surface area contributed by atoms with Gasteiger partial charge in [-0.25, -0.2) is 0 Å². The predicted molar refractivity (Wildman–Crippen MR) is 119 cm³/mol. The second-order valence-corrected chi connectivity index (χ2v) is 8.42. The van der Waals surface area contributed by atoms with Gasteiger partial charge in [0.15, 0.2) is 0 Å². The first kappa shape index (κ1) is 21.0. The number of nitrogens with one attached hydrogen (secondary N) is 1. The minimum atomic E-state index is -0.0174. The molecule has 0 aliphatic carbocycles. The number of likely N-dealkylation sites (tertiary alicyclic amines) is 1. The van der Waals surface area contributed by atoms with Crippen molar-refractivity contribution in [2.75, 3.05) is 39.4 Å². The van der Waals surface area contributed by atoms with Crippen molar-refractivity contribution in [2.24, 2.45) is 0 Å². The quantitative estimate of drug-likeness (QED) is 0.764. The van der Waals surface area contributed by atoms with Crippen LogP contribution in [0.15, 0.2) is 48.5 Å². The number of rotatable bonds is 7. The molecule has 0 spiro atoms. The van der Waals surface area contributed by atoms with E-state index in [9.17, 15) is 4.79 Å². The molecule has 2 aromatic rings. The van der Waals surface area contributed by atoms with E-state index < -0.39 is 0 Å². The molecular formula is C25H33N3O2. The van der Waals surface area contributed by atoms with Crippen LogP contribution in [0.25, 0.3) is 0 Å². The Kier molecular flexibility index (Phi) is 7.51. The molecule has 2 fully saturated rings. The Morgan fingerprint density at radius 3 is 2.23 bits per heavy atom. The highest BCUT2D eigenvalue weighted by Crippen LogP contribution is 2.14. The summed E-state index contributed by atoms with van der Waals surface area (Å²) in [4.78, 5) is 17.5. The highest BCUT2D eigenvalue weighted by Gasteiger charge is 2.13. The number of morpholine rings is 1. The van der Waals surface area contributed by atoms with E-state index in [2.05, 4.69) is 45.4 Å². The van der Waals surface area contributed by atoms with Crippen LogP contribution in [0.2, 0.25) is 0 Å². The van der Waals surface area contributed by atoms with Gasteiger partial charge in [0, 0.05) is 38.3 Å². The second kappa shape index (κ2) is 10.7. The lowest BCUT2D eigenvalue weighted by molar-refractivity contribution is 0.0342. The Morgan fingerprint density at radius 2 is 1.47 bits per heavy atom. The number of hydrogen-bond acceptors (Lipinski definition) is 4. The zero-order valence-corrected chi connectivity index (χ0v) is 17.8. The van der Waals surface area contributed by atoms with Crippen LogP contribution in [0, 0.1) is 0 Å². The summed E-state index contributed by atoms with van der Waals surface area (Å²) in [5, 5.41) is 3.06. The molecule has 0 atom stereocenters. The monoisotopic (exact) mass is 407 g/mol. The fraction of sp³-hybridized carbons (Fsp3) is 0.480. The largest absolute Gasteiger partial charge is 0.379 e. The molecule has 4 rings (SSSR count). The third kappa shape index (κ3) is 6.14. The maximum atomic E-state index is 12.6. The van der Waals surface area contributed by atoms with Crippen molar-refractivity contribution >= 4 is 5.91 Å². The number of amides is 1. The van der Waals surface area contributed by atoms with Gasteiger partial charge in [0.2, 0.25) is 0 Å². The van der Waals surface area contributed by atoms with E-state index >= 15 is 0 Å². The van der Waals surface area contributed by atoms with Crippen molar-refractivity contribution < 1.29 is 9.53 Å². The topological polar surface area (TPSA) is 44.8 Å². The van der Waals surface area contributed by atoms with Gasteiger partial charge in [-0.05, 0) is 54.8 Å². The van der Waals surface area contributed by atoms with Crippen molar-refractivity contribution in [1.29, 1.82) is 0 Å². The molecule has 2 aliphatic rings. The average Bonchev–Trinajstić information content (AvgIpc) is 2.80. The summed E-state index contributed by atoms with van der Waals surface area (Å²) in [6, 6.07) is 16.6. The van der Waals surface area contributed by atoms with Gasteiger partial charge in [0.1, 0.15) is 0 Å². The number of nitrogens with zero attached hydrogens (tertiary/aromatic N) is 2. The van der Waals surface area contributed by atoms with Gasteiger partial charge >= 0.3 is 0 Å². The van der Waals surface area contributed by atoms with E-state index in [0.29, 0.717) is 6.54 Å². The molecule has 1 N–H and O–H groups in total. The summed E-state index contributed by atoms with van der Waals surface area (Å²) in [5.74, 6) is -0.0174. The van der Waals surface area contributed by atoms with E-state index in [0.717, 1.165) is 50.5 Å². The SMILES string of the molecule is O=C(NCc1ccc(CN2CCCCC2)cc1)c1cccc(CN2CCOCC2)c1. The van der Waals surface area contributed by atoms with Gasteiger partial charge in [-0.2, -0.15) is 0 Å².